The Bertz CT molecular complexity index is 163. The van der Waals surface area contributed by atoms with Crippen molar-refractivity contribution < 1.29 is 5.11 Å². The van der Waals surface area contributed by atoms with E-state index in [1.165, 1.54) is 51.4 Å². The number of aliphatic hydroxyl groups excluding tert-OH is 1. The monoisotopic (exact) mass is 240 g/mol. The van der Waals surface area contributed by atoms with Crippen molar-refractivity contribution in [1.29, 1.82) is 0 Å². The minimum Gasteiger partial charge on any atom is -0.393 e. The van der Waals surface area contributed by atoms with Crippen molar-refractivity contribution in [3.8, 4) is 0 Å². The molecule has 1 atom stereocenters. The minimum absolute atomic E-state index is 0.0764. The van der Waals surface area contributed by atoms with Gasteiger partial charge in [-0.1, -0.05) is 70.9 Å². The summed E-state index contributed by atoms with van der Waals surface area (Å²) in [7, 11) is 0. The third-order valence-corrected chi connectivity index (χ3v) is 3.18. The lowest BCUT2D eigenvalue weighted by Crippen LogP contribution is -2.05. The molecule has 0 bridgehead atoms. The van der Waals surface area contributed by atoms with Gasteiger partial charge in [0.15, 0.2) is 0 Å². The Labute approximate surface area is 108 Å². The predicted octanol–water partition coefficient (Wildman–Crippen LogP) is 5.23. The Morgan fingerprint density at radius 3 is 2.12 bits per heavy atom. The van der Waals surface area contributed by atoms with Crippen LogP contribution in [-0.2, 0) is 0 Å². The van der Waals surface area contributed by atoms with E-state index >= 15 is 0 Å². The smallest absolute Gasteiger partial charge is 0.0543 e. The lowest BCUT2D eigenvalue weighted by Gasteiger charge is -2.08. The molecule has 0 fully saturated rings. The highest BCUT2D eigenvalue weighted by Crippen LogP contribution is 2.11. The zero-order chi connectivity index (χ0) is 12.8. The molecule has 1 N–H and O–H groups in total. The molecular formula is C16H32O. The first-order valence-corrected chi connectivity index (χ1v) is 7.64. The number of hydrogen-bond acceptors (Lipinski definition) is 1. The van der Waals surface area contributed by atoms with Gasteiger partial charge in [0.25, 0.3) is 0 Å². The van der Waals surface area contributed by atoms with Crippen molar-refractivity contribution in [3.63, 3.8) is 0 Å². The summed E-state index contributed by atoms with van der Waals surface area (Å²) in [6.07, 6.45) is 17.6. The normalized spacial score (nSPS) is 13.4. The molecule has 0 aliphatic carbocycles. The Hall–Kier alpha value is -0.300. The Morgan fingerprint density at radius 2 is 1.41 bits per heavy atom. The van der Waals surface area contributed by atoms with Gasteiger partial charge in [0.05, 0.1) is 6.10 Å². The molecule has 0 radical (unpaired) electrons. The van der Waals surface area contributed by atoms with Crippen LogP contribution < -0.4 is 0 Å². The van der Waals surface area contributed by atoms with Gasteiger partial charge in [0, 0.05) is 0 Å². The highest BCUT2D eigenvalue weighted by atomic mass is 16.3. The van der Waals surface area contributed by atoms with Crippen molar-refractivity contribution in [2.75, 3.05) is 0 Å². The first kappa shape index (κ1) is 16.7. The second-order valence-electron chi connectivity index (χ2n) is 5.05. The van der Waals surface area contributed by atoms with Crippen LogP contribution in [0, 0.1) is 0 Å². The van der Waals surface area contributed by atoms with Gasteiger partial charge in [0.1, 0.15) is 0 Å². The van der Waals surface area contributed by atoms with Crippen LogP contribution in [0.15, 0.2) is 12.2 Å². The molecule has 0 aromatic heterocycles. The largest absolute Gasteiger partial charge is 0.393 e. The van der Waals surface area contributed by atoms with Crippen LogP contribution in [0.4, 0.5) is 0 Å². The van der Waals surface area contributed by atoms with Gasteiger partial charge in [0.2, 0.25) is 0 Å². The number of aliphatic hydroxyl groups is 1. The molecule has 0 saturated heterocycles. The topological polar surface area (TPSA) is 20.2 Å². The van der Waals surface area contributed by atoms with E-state index in [2.05, 4.69) is 26.0 Å². The maximum atomic E-state index is 9.77. The van der Waals surface area contributed by atoms with Crippen LogP contribution in [0.1, 0.15) is 84.5 Å². The van der Waals surface area contributed by atoms with E-state index < -0.39 is 0 Å². The van der Waals surface area contributed by atoms with E-state index in [-0.39, 0.29) is 6.10 Å². The van der Waals surface area contributed by atoms with Gasteiger partial charge in [-0.2, -0.15) is 0 Å². The van der Waals surface area contributed by atoms with Gasteiger partial charge in [-0.05, 0) is 25.7 Å². The van der Waals surface area contributed by atoms with E-state index in [0.717, 1.165) is 19.3 Å². The van der Waals surface area contributed by atoms with Gasteiger partial charge in [-0.25, -0.2) is 0 Å². The molecule has 0 aromatic rings. The van der Waals surface area contributed by atoms with Crippen LogP contribution in [0.5, 0.6) is 0 Å². The average Bonchev–Trinajstić information content (AvgIpc) is 2.33. The number of unbranched alkanes of at least 4 members (excludes halogenated alkanes) is 6. The lowest BCUT2D eigenvalue weighted by molar-refractivity contribution is 0.152. The SMILES string of the molecule is CCC/C=C\CCC(O)CCCCCCCC. The molecule has 1 nitrogen and oxygen atoms in total. The van der Waals surface area contributed by atoms with Gasteiger partial charge >= 0.3 is 0 Å². The predicted molar refractivity (Wildman–Crippen MR) is 77.3 cm³/mol. The van der Waals surface area contributed by atoms with Crippen molar-refractivity contribution in [2.24, 2.45) is 0 Å². The summed E-state index contributed by atoms with van der Waals surface area (Å²) in [5, 5.41) is 9.77. The summed E-state index contributed by atoms with van der Waals surface area (Å²) in [6, 6.07) is 0. The first-order chi connectivity index (χ1) is 8.31. The van der Waals surface area contributed by atoms with Crippen molar-refractivity contribution in [3.05, 3.63) is 12.2 Å². The van der Waals surface area contributed by atoms with E-state index in [9.17, 15) is 5.11 Å². The zero-order valence-electron chi connectivity index (χ0n) is 12.0. The fourth-order valence-electron chi connectivity index (χ4n) is 2.00. The fraction of sp³-hybridized carbons (Fsp3) is 0.875. The van der Waals surface area contributed by atoms with Crippen molar-refractivity contribution in [2.45, 2.75) is 90.6 Å². The molecule has 0 aromatic carbocycles. The van der Waals surface area contributed by atoms with E-state index in [1.54, 1.807) is 0 Å². The van der Waals surface area contributed by atoms with Gasteiger partial charge in [-0.3, -0.25) is 0 Å². The lowest BCUT2D eigenvalue weighted by atomic mass is 10.0. The Morgan fingerprint density at radius 1 is 0.765 bits per heavy atom. The molecule has 0 rings (SSSR count). The van der Waals surface area contributed by atoms with Gasteiger partial charge in [-0.15, -0.1) is 0 Å². The van der Waals surface area contributed by atoms with E-state index in [1.807, 2.05) is 0 Å². The van der Waals surface area contributed by atoms with E-state index in [0.29, 0.717) is 0 Å². The fourth-order valence-corrected chi connectivity index (χ4v) is 2.00. The first-order valence-electron chi connectivity index (χ1n) is 7.64. The molecular weight excluding hydrogens is 208 g/mol. The summed E-state index contributed by atoms with van der Waals surface area (Å²) in [4.78, 5) is 0. The standard InChI is InChI=1S/C16H32O/c1-3-5-7-9-11-13-15-16(17)14-12-10-8-6-4-2/h8,10,16-17H,3-7,9,11-15H2,1-2H3/b10-8-. The average molecular weight is 240 g/mol. The minimum atomic E-state index is -0.0764. The zero-order valence-corrected chi connectivity index (χ0v) is 12.0. The summed E-state index contributed by atoms with van der Waals surface area (Å²) >= 11 is 0. The maximum absolute atomic E-state index is 9.77. The highest BCUT2D eigenvalue weighted by molar-refractivity contribution is 4.81. The van der Waals surface area contributed by atoms with Crippen LogP contribution in [-0.4, -0.2) is 11.2 Å². The highest BCUT2D eigenvalue weighted by Gasteiger charge is 2.01. The van der Waals surface area contributed by atoms with Crippen LogP contribution in [0.3, 0.4) is 0 Å². The van der Waals surface area contributed by atoms with Crippen molar-refractivity contribution in [1.82, 2.24) is 0 Å². The molecule has 1 unspecified atom stereocenters. The molecule has 0 heterocycles. The Balaban J connectivity index is 3.20. The Kier molecular flexibility index (Phi) is 13.5. The number of hydrogen-bond donors (Lipinski definition) is 1. The number of rotatable bonds is 12. The third kappa shape index (κ3) is 13.6. The maximum Gasteiger partial charge on any atom is 0.0543 e. The molecule has 0 saturated carbocycles. The molecule has 0 aliphatic rings. The van der Waals surface area contributed by atoms with E-state index in [4.69, 9.17) is 0 Å². The third-order valence-electron chi connectivity index (χ3n) is 3.18. The second-order valence-corrected chi connectivity index (χ2v) is 5.05. The molecule has 1 heteroatoms. The quantitative estimate of drug-likeness (QED) is 0.365. The summed E-state index contributed by atoms with van der Waals surface area (Å²) in [5.41, 5.74) is 0. The van der Waals surface area contributed by atoms with Crippen molar-refractivity contribution >= 4 is 0 Å². The molecule has 102 valence electrons. The van der Waals surface area contributed by atoms with Gasteiger partial charge < -0.3 is 5.11 Å². The molecule has 0 spiro atoms. The van der Waals surface area contributed by atoms with Crippen LogP contribution in [0.2, 0.25) is 0 Å². The van der Waals surface area contributed by atoms with Crippen LogP contribution >= 0.6 is 0 Å². The summed E-state index contributed by atoms with van der Waals surface area (Å²) in [5.74, 6) is 0. The molecule has 0 aliphatic heterocycles. The summed E-state index contributed by atoms with van der Waals surface area (Å²) < 4.78 is 0. The second kappa shape index (κ2) is 13.8. The molecule has 0 amide bonds. The summed E-state index contributed by atoms with van der Waals surface area (Å²) in [6.45, 7) is 4.44. The van der Waals surface area contributed by atoms with Crippen LogP contribution in [0.25, 0.3) is 0 Å². The molecule has 17 heavy (non-hydrogen) atoms. The number of allylic oxidation sites excluding steroid dienone is 2.